The van der Waals surface area contributed by atoms with Crippen LogP contribution in [0, 0.1) is 0 Å². The van der Waals surface area contributed by atoms with Crippen LogP contribution in [0.3, 0.4) is 0 Å². The quantitative estimate of drug-likeness (QED) is 0.536. The minimum Gasteiger partial charge on any atom is -0.454 e. The number of para-hydroxylation sites is 1. The Bertz CT molecular complexity index is 1200. The molecule has 0 fully saturated rings. The molecule has 0 saturated carbocycles. The molecule has 3 N–H and O–H groups in total. The summed E-state index contributed by atoms with van der Waals surface area (Å²) in [6.07, 6.45) is 0. The number of carbonyl (C=O) groups is 1. The van der Waals surface area contributed by atoms with Gasteiger partial charge in [-0.2, -0.15) is 0 Å². The number of sulfonamides is 1. The Labute approximate surface area is 180 Å². The van der Waals surface area contributed by atoms with Gasteiger partial charge in [0.05, 0.1) is 10.9 Å². The molecule has 0 aliphatic carbocycles. The van der Waals surface area contributed by atoms with Crippen molar-refractivity contribution in [1.29, 1.82) is 0 Å². The molecule has 0 radical (unpaired) electrons. The highest BCUT2D eigenvalue weighted by molar-refractivity contribution is 7.92. The summed E-state index contributed by atoms with van der Waals surface area (Å²) >= 11 is 0. The van der Waals surface area contributed by atoms with Gasteiger partial charge in [-0.15, -0.1) is 0 Å². The Hall–Kier alpha value is -3.72. The van der Waals surface area contributed by atoms with Crippen LogP contribution in [-0.4, -0.2) is 21.2 Å². The summed E-state index contributed by atoms with van der Waals surface area (Å²) in [5.74, 6) is 1.30. The van der Waals surface area contributed by atoms with Gasteiger partial charge in [0.25, 0.3) is 10.0 Å². The van der Waals surface area contributed by atoms with Crippen molar-refractivity contribution in [3.63, 3.8) is 0 Å². The van der Waals surface area contributed by atoms with Crippen molar-refractivity contribution in [2.45, 2.75) is 17.9 Å². The molecule has 31 heavy (non-hydrogen) atoms. The molecule has 160 valence electrons. The van der Waals surface area contributed by atoms with Crippen LogP contribution >= 0.6 is 0 Å². The molecular formula is C22H21N3O5S. The molecule has 9 heteroatoms. The largest absolute Gasteiger partial charge is 0.454 e. The van der Waals surface area contributed by atoms with Gasteiger partial charge in [0.1, 0.15) is 0 Å². The fraction of sp³-hybridized carbons (Fsp3) is 0.136. The lowest BCUT2D eigenvalue weighted by atomic mass is 10.1. The number of benzene rings is 3. The molecule has 1 atom stereocenters. The van der Waals surface area contributed by atoms with Crippen LogP contribution in [0.1, 0.15) is 18.5 Å². The van der Waals surface area contributed by atoms with Gasteiger partial charge >= 0.3 is 6.03 Å². The molecule has 0 spiro atoms. The third-order valence-electron chi connectivity index (χ3n) is 4.67. The van der Waals surface area contributed by atoms with E-state index in [1.807, 2.05) is 19.1 Å². The van der Waals surface area contributed by atoms with Gasteiger partial charge in [0.15, 0.2) is 11.5 Å². The molecule has 1 unspecified atom stereocenters. The first-order valence-electron chi connectivity index (χ1n) is 9.56. The second kappa shape index (κ2) is 8.57. The summed E-state index contributed by atoms with van der Waals surface area (Å²) in [5, 5.41) is 5.50. The lowest BCUT2D eigenvalue weighted by Gasteiger charge is -2.16. The number of urea groups is 1. The Kier molecular flexibility index (Phi) is 5.68. The van der Waals surface area contributed by atoms with E-state index < -0.39 is 16.1 Å². The predicted octanol–water partition coefficient (Wildman–Crippen LogP) is 4.10. The molecule has 0 aromatic heterocycles. The SMILES string of the molecule is CC(NC(=O)Nc1cccc(S(=O)(=O)Nc2ccccc2)c1)c1ccc2c(c1)OCO2. The highest BCUT2D eigenvalue weighted by Gasteiger charge is 2.18. The van der Waals surface area contributed by atoms with Gasteiger partial charge in [-0.1, -0.05) is 30.3 Å². The Morgan fingerprint density at radius 2 is 1.65 bits per heavy atom. The lowest BCUT2D eigenvalue weighted by molar-refractivity contribution is 0.174. The van der Waals surface area contributed by atoms with E-state index in [2.05, 4.69) is 15.4 Å². The van der Waals surface area contributed by atoms with E-state index >= 15 is 0 Å². The van der Waals surface area contributed by atoms with E-state index in [0.29, 0.717) is 22.9 Å². The Morgan fingerprint density at radius 1 is 0.903 bits per heavy atom. The highest BCUT2D eigenvalue weighted by atomic mass is 32.2. The summed E-state index contributed by atoms with van der Waals surface area (Å²) in [4.78, 5) is 12.5. The second-order valence-corrected chi connectivity index (χ2v) is 8.61. The van der Waals surface area contributed by atoms with Crippen molar-refractivity contribution in [3.8, 4) is 11.5 Å². The van der Waals surface area contributed by atoms with E-state index in [1.165, 1.54) is 12.1 Å². The van der Waals surface area contributed by atoms with Gasteiger partial charge in [-0.25, -0.2) is 13.2 Å². The number of rotatable bonds is 6. The van der Waals surface area contributed by atoms with Crippen molar-refractivity contribution in [2.24, 2.45) is 0 Å². The lowest BCUT2D eigenvalue weighted by Crippen LogP contribution is -2.31. The average molecular weight is 439 g/mol. The van der Waals surface area contributed by atoms with Crippen LogP contribution in [0.2, 0.25) is 0 Å². The second-order valence-electron chi connectivity index (χ2n) is 6.93. The van der Waals surface area contributed by atoms with Gasteiger partial charge in [0.2, 0.25) is 6.79 Å². The van der Waals surface area contributed by atoms with Crippen LogP contribution in [0.15, 0.2) is 77.7 Å². The summed E-state index contributed by atoms with van der Waals surface area (Å²) in [5.41, 5.74) is 1.66. The normalized spacial score (nSPS) is 13.3. The molecule has 3 aromatic rings. The van der Waals surface area contributed by atoms with E-state index in [9.17, 15) is 13.2 Å². The summed E-state index contributed by atoms with van der Waals surface area (Å²) in [7, 11) is -3.79. The van der Waals surface area contributed by atoms with Crippen LogP contribution in [0.5, 0.6) is 11.5 Å². The molecule has 3 aromatic carbocycles. The van der Waals surface area contributed by atoms with E-state index in [0.717, 1.165) is 5.56 Å². The fourth-order valence-electron chi connectivity index (χ4n) is 3.09. The molecule has 2 amide bonds. The van der Waals surface area contributed by atoms with Crippen molar-refractivity contribution in [3.05, 3.63) is 78.4 Å². The Morgan fingerprint density at radius 3 is 2.45 bits per heavy atom. The maximum absolute atomic E-state index is 12.6. The maximum atomic E-state index is 12.6. The number of carbonyl (C=O) groups excluding carboxylic acids is 1. The molecule has 4 rings (SSSR count). The first-order valence-corrected chi connectivity index (χ1v) is 11.0. The summed E-state index contributed by atoms with van der Waals surface area (Å²) in [6, 6.07) is 19.3. The number of hydrogen-bond acceptors (Lipinski definition) is 5. The first-order chi connectivity index (χ1) is 14.9. The van der Waals surface area contributed by atoms with E-state index in [1.54, 1.807) is 48.5 Å². The Balaban J connectivity index is 1.42. The minimum atomic E-state index is -3.79. The summed E-state index contributed by atoms with van der Waals surface area (Å²) in [6.45, 7) is 2.02. The molecular weight excluding hydrogens is 418 g/mol. The topological polar surface area (TPSA) is 106 Å². The molecule has 0 saturated heterocycles. The number of nitrogens with one attached hydrogen (secondary N) is 3. The third kappa shape index (κ3) is 4.89. The van der Waals surface area contributed by atoms with Crippen molar-refractivity contribution >= 4 is 27.4 Å². The van der Waals surface area contributed by atoms with Gasteiger partial charge < -0.3 is 20.1 Å². The maximum Gasteiger partial charge on any atom is 0.319 e. The molecule has 1 aliphatic rings. The van der Waals surface area contributed by atoms with Crippen LogP contribution in [0.4, 0.5) is 16.2 Å². The fourth-order valence-corrected chi connectivity index (χ4v) is 4.19. The van der Waals surface area contributed by atoms with Crippen LogP contribution in [-0.2, 0) is 10.0 Å². The zero-order valence-electron chi connectivity index (χ0n) is 16.7. The van der Waals surface area contributed by atoms with Crippen molar-refractivity contribution < 1.29 is 22.7 Å². The standard InChI is InChI=1S/C22H21N3O5S/c1-15(16-10-11-20-21(12-16)30-14-29-20)23-22(26)24-18-8-5-9-19(13-18)31(27,28)25-17-6-3-2-4-7-17/h2-13,15,25H,14H2,1H3,(H2,23,24,26). The van der Waals surface area contributed by atoms with E-state index in [-0.39, 0.29) is 17.7 Å². The van der Waals surface area contributed by atoms with Gasteiger partial charge in [-0.05, 0) is 55.0 Å². The van der Waals surface area contributed by atoms with Crippen molar-refractivity contribution in [1.82, 2.24) is 5.32 Å². The number of anilines is 2. The minimum absolute atomic E-state index is 0.0398. The molecule has 0 bridgehead atoms. The average Bonchev–Trinajstić information content (AvgIpc) is 3.22. The third-order valence-corrected chi connectivity index (χ3v) is 6.05. The highest BCUT2D eigenvalue weighted by Crippen LogP contribution is 2.34. The van der Waals surface area contributed by atoms with Crippen LogP contribution in [0.25, 0.3) is 0 Å². The summed E-state index contributed by atoms with van der Waals surface area (Å²) < 4.78 is 38.4. The predicted molar refractivity (Wildman–Crippen MR) is 117 cm³/mol. The monoisotopic (exact) mass is 439 g/mol. The smallest absolute Gasteiger partial charge is 0.319 e. The number of hydrogen-bond donors (Lipinski definition) is 3. The molecule has 8 nitrogen and oxygen atoms in total. The zero-order valence-corrected chi connectivity index (χ0v) is 17.5. The zero-order chi connectivity index (χ0) is 21.8. The van der Waals surface area contributed by atoms with Gasteiger partial charge in [-0.3, -0.25) is 4.72 Å². The van der Waals surface area contributed by atoms with Gasteiger partial charge in [0, 0.05) is 11.4 Å². The number of fused-ring (bicyclic) bond motifs is 1. The molecule has 1 aliphatic heterocycles. The van der Waals surface area contributed by atoms with Crippen molar-refractivity contribution in [2.75, 3.05) is 16.8 Å². The number of amides is 2. The first kappa shape index (κ1) is 20.5. The number of ether oxygens (including phenoxy) is 2. The van der Waals surface area contributed by atoms with Crippen LogP contribution < -0.4 is 24.8 Å². The van der Waals surface area contributed by atoms with E-state index in [4.69, 9.17) is 9.47 Å². The molecule has 1 heterocycles.